The SMILES string of the molecule is Cc1cc(-c2cnnn3cc(C(=O)O)cc23)ccc1CN. The van der Waals surface area contributed by atoms with Gasteiger partial charge in [-0.3, -0.25) is 0 Å². The van der Waals surface area contributed by atoms with Crippen LogP contribution in [0.3, 0.4) is 0 Å². The Bertz CT molecular complexity index is 839. The predicted molar refractivity (Wildman–Crippen MR) is 78.0 cm³/mol. The minimum atomic E-state index is -0.985. The van der Waals surface area contributed by atoms with E-state index in [1.807, 2.05) is 25.1 Å². The van der Waals surface area contributed by atoms with Gasteiger partial charge in [0.2, 0.25) is 0 Å². The summed E-state index contributed by atoms with van der Waals surface area (Å²) in [6.45, 7) is 2.49. The fraction of sp³-hybridized carbons (Fsp3) is 0.133. The maximum absolute atomic E-state index is 11.1. The van der Waals surface area contributed by atoms with Crippen LogP contribution >= 0.6 is 0 Å². The number of aromatic nitrogens is 3. The van der Waals surface area contributed by atoms with Crippen molar-refractivity contribution in [2.75, 3.05) is 0 Å². The first-order valence-corrected chi connectivity index (χ1v) is 6.47. The molecule has 0 bridgehead atoms. The van der Waals surface area contributed by atoms with Crippen LogP contribution in [0.15, 0.2) is 36.7 Å². The topological polar surface area (TPSA) is 93.5 Å². The van der Waals surface area contributed by atoms with E-state index in [9.17, 15) is 4.79 Å². The first-order valence-electron chi connectivity index (χ1n) is 6.47. The standard InChI is InChI=1S/C15H14N4O2/c1-9-4-10(2-3-11(9)6-16)13-7-17-18-19-8-12(15(20)21)5-14(13)19/h2-5,7-8H,6,16H2,1H3,(H,20,21). The first-order chi connectivity index (χ1) is 10.1. The van der Waals surface area contributed by atoms with Gasteiger partial charge in [0.15, 0.2) is 0 Å². The van der Waals surface area contributed by atoms with E-state index in [4.69, 9.17) is 10.8 Å². The van der Waals surface area contributed by atoms with Gasteiger partial charge in [-0.1, -0.05) is 23.4 Å². The van der Waals surface area contributed by atoms with Crippen LogP contribution < -0.4 is 5.73 Å². The van der Waals surface area contributed by atoms with Crippen molar-refractivity contribution >= 4 is 11.5 Å². The van der Waals surface area contributed by atoms with Gasteiger partial charge in [-0.25, -0.2) is 9.31 Å². The van der Waals surface area contributed by atoms with Crippen LogP contribution in [0.25, 0.3) is 16.6 Å². The van der Waals surface area contributed by atoms with Gasteiger partial charge in [0.05, 0.1) is 17.3 Å². The molecule has 6 nitrogen and oxygen atoms in total. The third-order valence-corrected chi connectivity index (χ3v) is 3.53. The zero-order valence-electron chi connectivity index (χ0n) is 11.4. The molecule has 1 aromatic carbocycles. The summed E-state index contributed by atoms with van der Waals surface area (Å²) >= 11 is 0. The van der Waals surface area contributed by atoms with E-state index in [2.05, 4.69) is 10.3 Å². The molecule has 21 heavy (non-hydrogen) atoms. The molecule has 0 amide bonds. The van der Waals surface area contributed by atoms with E-state index in [1.165, 1.54) is 10.7 Å². The molecule has 0 saturated carbocycles. The van der Waals surface area contributed by atoms with E-state index in [0.29, 0.717) is 12.1 Å². The van der Waals surface area contributed by atoms with Crippen LogP contribution in [-0.2, 0) is 6.54 Å². The van der Waals surface area contributed by atoms with Gasteiger partial charge < -0.3 is 10.8 Å². The molecular weight excluding hydrogens is 268 g/mol. The van der Waals surface area contributed by atoms with Crippen molar-refractivity contribution in [3.05, 3.63) is 53.3 Å². The maximum atomic E-state index is 11.1. The number of aryl methyl sites for hydroxylation is 1. The van der Waals surface area contributed by atoms with Crippen LogP contribution in [0.4, 0.5) is 0 Å². The molecule has 0 aliphatic rings. The zero-order valence-corrected chi connectivity index (χ0v) is 11.4. The molecule has 0 aliphatic heterocycles. The summed E-state index contributed by atoms with van der Waals surface area (Å²) in [7, 11) is 0. The third-order valence-electron chi connectivity index (χ3n) is 3.53. The van der Waals surface area contributed by atoms with Crippen molar-refractivity contribution < 1.29 is 9.90 Å². The lowest BCUT2D eigenvalue weighted by Gasteiger charge is -2.07. The van der Waals surface area contributed by atoms with E-state index in [-0.39, 0.29) is 5.56 Å². The maximum Gasteiger partial charge on any atom is 0.337 e. The summed E-state index contributed by atoms with van der Waals surface area (Å²) in [6, 6.07) is 7.55. The molecule has 3 N–H and O–H groups in total. The van der Waals surface area contributed by atoms with Gasteiger partial charge in [0, 0.05) is 18.3 Å². The summed E-state index contributed by atoms with van der Waals surface area (Å²) < 4.78 is 1.48. The van der Waals surface area contributed by atoms with Crippen LogP contribution in [0.5, 0.6) is 0 Å². The normalized spacial score (nSPS) is 11.0. The average molecular weight is 282 g/mol. The monoisotopic (exact) mass is 282 g/mol. The molecular formula is C15H14N4O2. The lowest BCUT2D eigenvalue weighted by atomic mass is 10.0. The van der Waals surface area contributed by atoms with Crippen LogP contribution in [0.2, 0.25) is 0 Å². The Kier molecular flexibility index (Phi) is 3.15. The second-order valence-electron chi connectivity index (χ2n) is 4.86. The van der Waals surface area contributed by atoms with E-state index in [1.54, 1.807) is 12.3 Å². The minimum absolute atomic E-state index is 0.187. The smallest absolute Gasteiger partial charge is 0.337 e. The van der Waals surface area contributed by atoms with Crippen molar-refractivity contribution in [2.45, 2.75) is 13.5 Å². The van der Waals surface area contributed by atoms with Crippen molar-refractivity contribution in [3.63, 3.8) is 0 Å². The minimum Gasteiger partial charge on any atom is -0.478 e. The molecule has 0 fully saturated rings. The number of aromatic carboxylic acids is 1. The molecule has 3 rings (SSSR count). The summed E-state index contributed by atoms with van der Waals surface area (Å²) in [5.41, 5.74) is 10.5. The highest BCUT2D eigenvalue weighted by Crippen LogP contribution is 2.26. The quantitative estimate of drug-likeness (QED) is 0.764. The Morgan fingerprint density at radius 3 is 2.86 bits per heavy atom. The zero-order chi connectivity index (χ0) is 15.0. The van der Waals surface area contributed by atoms with Crippen molar-refractivity contribution in [2.24, 2.45) is 5.73 Å². The molecule has 2 aromatic heterocycles. The number of hydrogen-bond donors (Lipinski definition) is 2. The molecule has 0 spiro atoms. The molecule has 0 atom stereocenters. The highest BCUT2D eigenvalue weighted by molar-refractivity contribution is 5.92. The molecule has 3 aromatic rings. The molecule has 0 unspecified atom stereocenters. The molecule has 0 aliphatic carbocycles. The summed E-state index contributed by atoms with van der Waals surface area (Å²) in [5, 5.41) is 16.9. The Morgan fingerprint density at radius 2 is 2.19 bits per heavy atom. The number of carboxylic acids is 1. The number of carboxylic acid groups (broad SMARTS) is 1. The second-order valence-corrected chi connectivity index (χ2v) is 4.86. The van der Waals surface area contributed by atoms with Gasteiger partial charge in [0.1, 0.15) is 0 Å². The lowest BCUT2D eigenvalue weighted by Crippen LogP contribution is -1.99. The molecule has 106 valence electrons. The Labute approximate surface area is 120 Å². The number of nitrogens with two attached hydrogens (primary N) is 1. The summed E-state index contributed by atoms with van der Waals surface area (Å²) in [4.78, 5) is 11.1. The number of carbonyl (C=O) groups is 1. The van der Waals surface area contributed by atoms with E-state index in [0.717, 1.165) is 22.3 Å². The second kappa shape index (κ2) is 4.99. The Morgan fingerprint density at radius 1 is 1.38 bits per heavy atom. The van der Waals surface area contributed by atoms with Gasteiger partial charge in [0.25, 0.3) is 0 Å². The van der Waals surface area contributed by atoms with Gasteiger partial charge in [-0.05, 0) is 29.7 Å². The van der Waals surface area contributed by atoms with Crippen LogP contribution in [0.1, 0.15) is 21.5 Å². The molecule has 0 saturated heterocycles. The fourth-order valence-electron chi connectivity index (χ4n) is 2.36. The van der Waals surface area contributed by atoms with Crippen molar-refractivity contribution in [1.29, 1.82) is 0 Å². The number of nitrogens with zero attached hydrogens (tertiary/aromatic N) is 3. The van der Waals surface area contributed by atoms with Gasteiger partial charge >= 0.3 is 5.97 Å². The molecule has 0 radical (unpaired) electrons. The summed E-state index contributed by atoms with van der Waals surface area (Å²) in [6.07, 6.45) is 3.09. The van der Waals surface area contributed by atoms with E-state index >= 15 is 0 Å². The van der Waals surface area contributed by atoms with Crippen molar-refractivity contribution in [1.82, 2.24) is 14.8 Å². The fourth-order valence-corrected chi connectivity index (χ4v) is 2.36. The first kappa shape index (κ1) is 13.3. The Hall–Kier alpha value is -2.73. The predicted octanol–water partition coefficient (Wildman–Crippen LogP) is 1.86. The highest BCUT2D eigenvalue weighted by atomic mass is 16.4. The van der Waals surface area contributed by atoms with Crippen LogP contribution in [-0.4, -0.2) is 25.9 Å². The lowest BCUT2D eigenvalue weighted by molar-refractivity contribution is 0.0697. The third kappa shape index (κ3) is 2.25. The van der Waals surface area contributed by atoms with Gasteiger partial charge in [-0.15, -0.1) is 5.10 Å². The van der Waals surface area contributed by atoms with E-state index < -0.39 is 5.97 Å². The number of rotatable bonds is 3. The number of hydrogen-bond acceptors (Lipinski definition) is 4. The summed E-state index contributed by atoms with van der Waals surface area (Å²) in [5.74, 6) is -0.985. The van der Waals surface area contributed by atoms with Crippen molar-refractivity contribution in [3.8, 4) is 11.1 Å². The highest BCUT2D eigenvalue weighted by Gasteiger charge is 2.12. The largest absolute Gasteiger partial charge is 0.478 e. The number of benzene rings is 1. The van der Waals surface area contributed by atoms with Crippen LogP contribution in [0, 0.1) is 6.92 Å². The average Bonchev–Trinajstić information content (AvgIpc) is 2.91. The number of fused-ring (bicyclic) bond motifs is 1. The molecule has 6 heteroatoms. The Balaban J connectivity index is 2.20. The molecule has 2 heterocycles. The van der Waals surface area contributed by atoms with Gasteiger partial charge in [-0.2, -0.15) is 0 Å².